The first-order valence-electron chi connectivity index (χ1n) is 17.9. The van der Waals surface area contributed by atoms with Crippen molar-refractivity contribution >= 4 is 34.9 Å². The molecule has 0 spiro atoms. The number of carbonyl (C=O) groups excluding carboxylic acids is 5. The molecular weight excluding hydrogens is 604 g/mol. The summed E-state index contributed by atoms with van der Waals surface area (Å²) in [6.07, 6.45) is 6.85. The Morgan fingerprint density at radius 3 is 2.10 bits per heavy atom. The van der Waals surface area contributed by atoms with Crippen molar-refractivity contribution in [3.63, 3.8) is 0 Å². The molecule has 2 aromatic carbocycles. The predicted molar refractivity (Wildman–Crippen MR) is 186 cm³/mol. The maximum absolute atomic E-state index is 14.5. The number of hydrogen-bond acceptors (Lipinski definition) is 7. The largest absolute Gasteiger partial charge is 0.462 e. The van der Waals surface area contributed by atoms with Crippen LogP contribution in [0.3, 0.4) is 0 Å². The van der Waals surface area contributed by atoms with Crippen molar-refractivity contribution in [1.29, 1.82) is 0 Å². The summed E-state index contributed by atoms with van der Waals surface area (Å²) in [5, 5.41) is 0. The first-order chi connectivity index (χ1) is 22.9. The van der Waals surface area contributed by atoms with Crippen LogP contribution in [0, 0.1) is 23.2 Å². The van der Waals surface area contributed by atoms with Gasteiger partial charge in [-0.25, -0.2) is 0 Å². The van der Waals surface area contributed by atoms with E-state index in [1.807, 2.05) is 87.2 Å². The van der Waals surface area contributed by atoms with Crippen LogP contribution in [0.15, 0.2) is 54.6 Å². The number of anilines is 1. The first kappa shape index (κ1) is 35.5. The molecule has 1 saturated heterocycles. The number of Topliss-reactive ketones (excluding diaryl/α,β-unsaturated/α-hetero) is 3. The predicted octanol–water partition coefficient (Wildman–Crippen LogP) is 7.18. The maximum Gasteiger partial charge on any atom is 0.306 e. The Labute approximate surface area is 285 Å². The fourth-order valence-corrected chi connectivity index (χ4v) is 7.17. The highest BCUT2D eigenvalue weighted by molar-refractivity contribution is 6.38. The van der Waals surface area contributed by atoms with Crippen LogP contribution in [0.2, 0.25) is 0 Å². The minimum atomic E-state index is -0.812. The zero-order valence-electron chi connectivity index (χ0n) is 29.1. The van der Waals surface area contributed by atoms with E-state index in [0.29, 0.717) is 18.8 Å². The summed E-state index contributed by atoms with van der Waals surface area (Å²) in [6, 6.07) is 17.3. The molecule has 48 heavy (non-hydrogen) atoms. The second-order valence-corrected chi connectivity index (χ2v) is 15.2. The van der Waals surface area contributed by atoms with Crippen LogP contribution >= 0.6 is 0 Å². The second kappa shape index (κ2) is 15.6. The van der Waals surface area contributed by atoms with Gasteiger partial charge in [0.25, 0.3) is 0 Å². The zero-order chi connectivity index (χ0) is 34.4. The smallest absolute Gasteiger partial charge is 0.306 e. The number of carbonyl (C=O) groups is 5. The quantitative estimate of drug-likeness (QED) is 0.148. The summed E-state index contributed by atoms with van der Waals surface area (Å²) in [4.78, 5) is 71.5. The van der Waals surface area contributed by atoms with E-state index < -0.39 is 29.1 Å². The molecule has 0 bridgehead atoms. The molecule has 8 heteroatoms. The van der Waals surface area contributed by atoms with Gasteiger partial charge in [0.2, 0.25) is 11.7 Å². The van der Waals surface area contributed by atoms with Gasteiger partial charge in [0.15, 0.2) is 11.6 Å². The molecule has 0 aromatic heterocycles. The van der Waals surface area contributed by atoms with Gasteiger partial charge >= 0.3 is 5.97 Å². The molecular formula is C40H52N2O6. The van der Waals surface area contributed by atoms with Gasteiger partial charge in [-0.1, -0.05) is 76.6 Å². The minimum Gasteiger partial charge on any atom is -0.462 e. The van der Waals surface area contributed by atoms with Crippen molar-refractivity contribution in [2.45, 2.75) is 110 Å². The number of ketones is 3. The molecule has 2 aliphatic carbocycles. The SMILES string of the molecule is CCC[C@H](CC(=O)[C@@H]1CN(c2ccc(-c3ccccc3)cc2)CN1C(=O)[C@@H](CC(=O)OC1CCCC1)C(C)(C)C)C(=O)C(=O)CC1CC1. The fourth-order valence-electron chi connectivity index (χ4n) is 7.17. The summed E-state index contributed by atoms with van der Waals surface area (Å²) in [7, 11) is 0. The van der Waals surface area contributed by atoms with Crippen molar-refractivity contribution in [3.05, 3.63) is 54.6 Å². The van der Waals surface area contributed by atoms with Gasteiger partial charge in [-0.2, -0.15) is 0 Å². The summed E-state index contributed by atoms with van der Waals surface area (Å²) in [6.45, 7) is 8.20. The Bertz CT molecular complexity index is 1450. The lowest BCUT2D eigenvalue weighted by Crippen LogP contribution is -2.48. The molecule has 2 saturated carbocycles. The van der Waals surface area contributed by atoms with Crippen molar-refractivity contribution in [3.8, 4) is 11.1 Å². The summed E-state index contributed by atoms with van der Waals surface area (Å²) in [5.74, 6) is -2.80. The molecule has 3 fully saturated rings. The third kappa shape index (κ3) is 9.00. The number of esters is 1. The summed E-state index contributed by atoms with van der Waals surface area (Å²) >= 11 is 0. The summed E-state index contributed by atoms with van der Waals surface area (Å²) < 4.78 is 5.77. The van der Waals surface area contributed by atoms with Crippen LogP contribution in [0.5, 0.6) is 0 Å². The van der Waals surface area contributed by atoms with Gasteiger partial charge in [0, 0.05) is 31.0 Å². The highest BCUT2D eigenvalue weighted by atomic mass is 16.5. The van der Waals surface area contributed by atoms with Crippen LogP contribution in [-0.2, 0) is 28.7 Å². The minimum absolute atomic E-state index is 0.0609. The van der Waals surface area contributed by atoms with Crippen LogP contribution < -0.4 is 4.90 Å². The number of ether oxygens (including phenoxy) is 1. The lowest BCUT2D eigenvalue weighted by molar-refractivity contribution is -0.156. The van der Waals surface area contributed by atoms with Gasteiger partial charge in [-0.05, 0) is 79.5 Å². The van der Waals surface area contributed by atoms with E-state index in [0.717, 1.165) is 55.3 Å². The Hall–Kier alpha value is -3.81. The van der Waals surface area contributed by atoms with E-state index in [1.54, 1.807) is 4.90 Å². The highest BCUT2D eigenvalue weighted by Gasteiger charge is 2.45. The van der Waals surface area contributed by atoms with Gasteiger partial charge in [-0.15, -0.1) is 0 Å². The molecule has 0 radical (unpaired) electrons. The lowest BCUT2D eigenvalue weighted by Gasteiger charge is -2.34. The molecule has 1 amide bonds. The average Bonchev–Trinajstić information content (AvgIpc) is 3.52. The molecule has 1 heterocycles. The normalized spacial score (nSPS) is 19.6. The topological polar surface area (TPSA) is 101 Å². The Morgan fingerprint density at radius 2 is 1.50 bits per heavy atom. The number of amides is 1. The van der Waals surface area contributed by atoms with Crippen LogP contribution in [-0.4, -0.2) is 59.5 Å². The highest BCUT2D eigenvalue weighted by Crippen LogP contribution is 2.36. The van der Waals surface area contributed by atoms with E-state index in [-0.39, 0.29) is 62.0 Å². The van der Waals surface area contributed by atoms with Gasteiger partial charge in [0.1, 0.15) is 12.1 Å². The Morgan fingerprint density at radius 1 is 0.854 bits per heavy atom. The number of benzene rings is 2. The van der Waals surface area contributed by atoms with E-state index in [4.69, 9.17) is 4.74 Å². The third-order valence-electron chi connectivity index (χ3n) is 10.3. The maximum atomic E-state index is 14.5. The molecule has 258 valence electrons. The van der Waals surface area contributed by atoms with E-state index in [2.05, 4.69) is 0 Å². The van der Waals surface area contributed by atoms with Crippen LogP contribution in [0.4, 0.5) is 5.69 Å². The number of rotatable bonds is 15. The van der Waals surface area contributed by atoms with E-state index in [1.165, 1.54) is 0 Å². The number of nitrogens with zero attached hydrogens (tertiary/aromatic N) is 2. The Kier molecular flexibility index (Phi) is 11.5. The summed E-state index contributed by atoms with van der Waals surface area (Å²) in [5.41, 5.74) is 2.46. The molecule has 1 aliphatic heterocycles. The van der Waals surface area contributed by atoms with Crippen molar-refractivity contribution in [2.24, 2.45) is 23.2 Å². The van der Waals surface area contributed by atoms with Crippen molar-refractivity contribution < 1.29 is 28.7 Å². The first-order valence-corrected chi connectivity index (χ1v) is 17.9. The van der Waals surface area contributed by atoms with Crippen molar-refractivity contribution in [2.75, 3.05) is 18.1 Å². The van der Waals surface area contributed by atoms with Crippen LogP contribution in [0.25, 0.3) is 11.1 Å². The third-order valence-corrected chi connectivity index (χ3v) is 10.3. The van der Waals surface area contributed by atoms with Gasteiger partial charge in [0.05, 0.1) is 19.0 Å². The molecule has 2 aromatic rings. The van der Waals surface area contributed by atoms with Gasteiger partial charge in [-0.3, -0.25) is 24.0 Å². The monoisotopic (exact) mass is 656 g/mol. The Balaban J connectivity index is 1.38. The number of hydrogen-bond donors (Lipinski definition) is 0. The average molecular weight is 657 g/mol. The second-order valence-electron chi connectivity index (χ2n) is 15.2. The van der Waals surface area contributed by atoms with E-state index >= 15 is 0 Å². The van der Waals surface area contributed by atoms with Crippen molar-refractivity contribution in [1.82, 2.24) is 4.90 Å². The fraction of sp³-hybridized carbons (Fsp3) is 0.575. The molecule has 3 aliphatic rings. The lowest BCUT2D eigenvalue weighted by atomic mass is 9.77. The molecule has 0 unspecified atom stereocenters. The zero-order valence-corrected chi connectivity index (χ0v) is 29.1. The molecule has 8 nitrogen and oxygen atoms in total. The molecule has 5 rings (SSSR count). The standard InChI is InChI=1S/C40H52N2O6/c1-5-11-30(38(46)36(44)22-27-16-17-27)23-35(43)34-25-41(31-20-18-29(19-21-31)28-12-7-6-8-13-28)26-42(34)39(47)33(40(2,3)4)24-37(45)48-32-14-9-10-15-32/h6-8,12-13,18-21,27,30,32-34H,5,9-11,14-17,22-26H2,1-4H3/t30-,33-,34+/m1/s1. The molecule has 3 atom stereocenters. The van der Waals surface area contributed by atoms with Crippen LogP contribution in [0.1, 0.15) is 98.3 Å². The van der Waals surface area contributed by atoms with E-state index in [9.17, 15) is 24.0 Å². The van der Waals surface area contributed by atoms with Gasteiger partial charge < -0.3 is 14.5 Å². The molecule has 0 N–H and O–H groups in total.